The van der Waals surface area contributed by atoms with Crippen LogP contribution in [0.5, 0.6) is 5.75 Å². The number of aryl methyl sites for hydroxylation is 2. The highest BCUT2D eigenvalue weighted by Gasteiger charge is 2.13. The van der Waals surface area contributed by atoms with Crippen LogP contribution < -0.4 is 10.1 Å². The van der Waals surface area contributed by atoms with Gasteiger partial charge < -0.3 is 14.5 Å². The molecule has 5 heteroatoms. The first-order valence-corrected chi connectivity index (χ1v) is 8.97. The topological polar surface area (TPSA) is 64.4 Å². The van der Waals surface area contributed by atoms with Crippen molar-refractivity contribution in [2.45, 2.75) is 13.8 Å². The number of aromatic nitrogens is 1. The minimum atomic E-state index is -0.150. The van der Waals surface area contributed by atoms with Crippen LogP contribution in [0.15, 0.2) is 65.1 Å². The van der Waals surface area contributed by atoms with Crippen LogP contribution in [-0.4, -0.2) is 18.0 Å². The summed E-state index contributed by atoms with van der Waals surface area (Å²) in [6.45, 7) is 3.94. The largest absolute Gasteiger partial charge is 0.497 e. The van der Waals surface area contributed by atoms with Crippen molar-refractivity contribution in [3.8, 4) is 17.2 Å². The maximum absolute atomic E-state index is 12.6. The predicted octanol–water partition coefficient (Wildman–Crippen LogP) is 5.37. The number of nitrogens with one attached hydrogen (secondary N) is 1. The van der Waals surface area contributed by atoms with E-state index in [9.17, 15) is 4.79 Å². The van der Waals surface area contributed by atoms with E-state index >= 15 is 0 Å². The van der Waals surface area contributed by atoms with E-state index in [4.69, 9.17) is 9.15 Å². The second kappa shape index (κ2) is 7.19. The van der Waals surface area contributed by atoms with Crippen molar-refractivity contribution >= 4 is 22.7 Å². The van der Waals surface area contributed by atoms with Gasteiger partial charge in [-0.25, -0.2) is 4.98 Å². The molecule has 1 aromatic heterocycles. The van der Waals surface area contributed by atoms with Crippen LogP contribution >= 0.6 is 0 Å². The van der Waals surface area contributed by atoms with Crippen LogP contribution in [0.25, 0.3) is 22.6 Å². The number of rotatable bonds is 4. The molecule has 4 rings (SSSR count). The first-order chi connectivity index (χ1) is 13.5. The van der Waals surface area contributed by atoms with Gasteiger partial charge in [-0.05, 0) is 55.8 Å². The average molecular weight is 372 g/mol. The SMILES string of the molecule is COc1ccc2oc(-c3ccc(C)c(NC(=O)c4ccc(C)cc4)c3)nc2c1. The van der Waals surface area contributed by atoms with E-state index in [2.05, 4.69) is 10.3 Å². The van der Waals surface area contributed by atoms with Crippen molar-refractivity contribution in [1.29, 1.82) is 0 Å². The van der Waals surface area contributed by atoms with Gasteiger partial charge in [0, 0.05) is 22.9 Å². The first kappa shape index (κ1) is 17.8. The number of hydrogen-bond acceptors (Lipinski definition) is 4. The van der Waals surface area contributed by atoms with E-state index in [1.165, 1.54) is 0 Å². The minimum absolute atomic E-state index is 0.150. The van der Waals surface area contributed by atoms with Crippen molar-refractivity contribution in [2.24, 2.45) is 0 Å². The zero-order valence-electron chi connectivity index (χ0n) is 15.9. The van der Waals surface area contributed by atoms with Crippen molar-refractivity contribution in [2.75, 3.05) is 12.4 Å². The van der Waals surface area contributed by atoms with Crippen molar-refractivity contribution in [1.82, 2.24) is 4.98 Å². The average Bonchev–Trinajstić information content (AvgIpc) is 3.13. The number of ether oxygens (including phenoxy) is 1. The number of carbonyl (C=O) groups excluding carboxylic acids is 1. The summed E-state index contributed by atoms with van der Waals surface area (Å²) in [5.74, 6) is 1.07. The number of fused-ring (bicyclic) bond motifs is 1. The molecule has 0 bridgehead atoms. The van der Waals surface area contributed by atoms with Gasteiger partial charge in [0.1, 0.15) is 11.3 Å². The zero-order chi connectivity index (χ0) is 19.7. The Hall–Kier alpha value is -3.60. The van der Waals surface area contributed by atoms with E-state index in [0.29, 0.717) is 17.0 Å². The molecule has 3 aromatic carbocycles. The number of anilines is 1. The second-order valence-electron chi connectivity index (χ2n) is 6.70. The summed E-state index contributed by atoms with van der Waals surface area (Å²) >= 11 is 0. The molecule has 0 radical (unpaired) electrons. The van der Waals surface area contributed by atoms with Crippen LogP contribution in [-0.2, 0) is 0 Å². The third-order valence-corrected chi connectivity index (χ3v) is 4.64. The summed E-state index contributed by atoms with van der Waals surface area (Å²) in [6.07, 6.45) is 0. The number of methoxy groups -OCH3 is 1. The molecule has 0 saturated carbocycles. The Kier molecular flexibility index (Phi) is 4.57. The van der Waals surface area contributed by atoms with Crippen molar-refractivity contribution in [3.63, 3.8) is 0 Å². The summed E-state index contributed by atoms with van der Waals surface area (Å²) in [6, 6.07) is 18.7. The first-order valence-electron chi connectivity index (χ1n) is 8.97. The molecular weight excluding hydrogens is 352 g/mol. The van der Waals surface area contributed by atoms with Gasteiger partial charge in [0.2, 0.25) is 5.89 Å². The number of nitrogens with zero attached hydrogens (tertiary/aromatic N) is 1. The van der Waals surface area contributed by atoms with Crippen LogP contribution in [0.4, 0.5) is 5.69 Å². The van der Waals surface area contributed by atoms with E-state index in [1.807, 2.05) is 74.5 Å². The van der Waals surface area contributed by atoms with Crippen molar-refractivity contribution in [3.05, 3.63) is 77.4 Å². The molecule has 0 saturated heterocycles. The van der Waals surface area contributed by atoms with E-state index in [1.54, 1.807) is 7.11 Å². The Bertz CT molecular complexity index is 1160. The Labute approximate surface area is 163 Å². The third-order valence-electron chi connectivity index (χ3n) is 4.64. The number of carbonyl (C=O) groups is 1. The predicted molar refractivity (Wildman–Crippen MR) is 110 cm³/mol. The second-order valence-corrected chi connectivity index (χ2v) is 6.70. The number of amides is 1. The van der Waals surface area contributed by atoms with Gasteiger partial charge in [-0.1, -0.05) is 23.8 Å². The van der Waals surface area contributed by atoms with Crippen LogP contribution in [0.3, 0.4) is 0 Å². The lowest BCUT2D eigenvalue weighted by molar-refractivity contribution is 0.102. The fourth-order valence-corrected chi connectivity index (χ4v) is 2.95. The Morgan fingerprint density at radius 2 is 1.79 bits per heavy atom. The molecule has 1 N–H and O–H groups in total. The number of hydrogen-bond donors (Lipinski definition) is 1. The monoisotopic (exact) mass is 372 g/mol. The lowest BCUT2D eigenvalue weighted by Crippen LogP contribution is -2.12. The zero-order valence-corrected chi connectivity index (χ0v) is 15.9. The number of oxazole rings is 1. The molecule has 0 spiro atoms. The fourth-order valence-electron chi connectivity index (χ4n) is 2.95. The van der Waals surface area contributed by atoms with Gasteiger partial charge in [-0.3, -0.25) is 4.79 Å². The van der Waals surface area contributed by atoms with Gasteiger partial charge in [0.25, 0.3) is 5.91 Å². The quantitative estimate of drug-likeness (QED) is 0.523. The van der Waals surface area contributed by atoms with E-state index < -0.39 is 0 Å². The summed E-state index contributed by atoms with van der Waals surface area (Å²) in [4.78, 5) is 17.1. The maximum atomic E-state index is 12.6. The summed E-state index contributed by atoms with van der Waals surface area (Å²) in [5, 5.41) is 2.98. The Morgan fingerprint density at radius 3 is 2.54 bits per heavy atom. The minimum Gasteiger partial charge on any atom is -0.497 e. The molecule has 1 amide bonds. The maximum Gasteiger partial charge on any atom is 0.255 e. The van der Waals surface area contributed by atoms with Gasteiger partial charge >= 0.3 is 0 Å². The molecular formula is C23H20N2O3. The lowest BCUT2D eigenvalue weighted by atomic mass is 10.1. The Morgan fingerprint density at radius 1 is 1.00 bits per heavy atom. The van der Waals surface area contributed by atoms with Gasteiger partial charge in [-0.15, -0.1) is 0 Å². The molecule has 5 nitrogen and oxygen atoms in total. The molecule has 0 aliphatic carbocycles. The summed E-state index contributed by atoms with van der Waals surface area (Å²) < 4.78 is 11.1. The fraction of sp³-hybridized carbons (Fsp3) is 0.130. The van der Waals surface area contributed by atoms with Crippen molar-refractivity contribution < 1.29 is 13.9 Å². The third kappa shape index (κ3) is 3.47. The van der Waals surface area contributed by atoms with Gasteiger partial charge in [-0.2, -0.15) is 0 Å². The molecule has 0 unspecified atom stereocenters. The molecule has 0 atom stereocenters. The van der Waals surface area contributed by atoms with Gasteiger partial charge in [0.15, 0.2) is 5.58 Å². The van der Waals surface area contributed by atoms with Gasteiger partial charge in [0.05, 0.1) is 7.11 Å². The van der Waals surface area contributed by atoms with Crippen LogP contribution in [0.2, 0.25) is 0 Å². The highest BCUT2D eigenvalue weighted by molar-refractivity contribution is 6.05. The molecule has 0 aliphatic rings. The molecule has 4 aromatic rings. The molecule has 0 aliphatic heterocycles. The standard InChI is InChI=1S/C23H20N2O3/c1-14-4-7-16(8-5-14)22(26)24-19-12-17(9-6-15(19)2)23-25-20-13-18(27-3)10-11-21(20)28-23/h4-13H,1-3H3,(H,24,26). The summed E-state index contributed by atoms with van der Waals surface area (Å²) in [5.41, 5.74) is 5.61. The Balaban J connectivity index is 1.65. The number of benzene rings is 3. The highest BCUT2D eigenvalue weighted by Crippen LogP contribution is 2.29. The lowest BCUT2D eigenvalue weighted by Gasteiger charge is -2.10. The van der Waals surface area contributed by atoms with E-state index in [0.717, 1.165) is 33.6 Å². The van der Waals surface area contributed by atoms with Crippen LogP contribution in [0.1, 0.15) is 21.5 Å². The normalized spacial score (nSPS) is 10.8. The molecule has 1 heterocycles. The van der Waals surface area contributed by atoms with E-state index in [-0.39, 0.29) is 5.91 Å². The molecule has 140 valence electrons. The summed E-state index contributed by atoms with van der Waals surface area (Å²) in [7, 11) is 1.62. The smallest absolute Gasteiger partial charge is 0.255 e. The molecule has 28 heavy (non-hydrogen) atoms. The van der Waals surface area contributed by atoms with Crippen LogP contribution in [0, 0.1) is 13.8 Å². The highest BCUT2D eigenvalue weighted by atomic mass is 16.5. The molecule has 0 fully saturated rings.